The Kier molecular flexibility index (Phi) is 6.88. The Balaban J connectivity index is 0.00000225. The zero-order chi connectivity index (χ0) is 11.3. The smallest absolute Gasteiger partial charge is 0.195 e. The van der Waals surface area contributed by atoms with E-state index in [1.165, 1.54) is 32.1 Å². The second-order valence-electron chi connectivity index (χ2n) is 4.24. The molecule has 1 unspecified atom stereocenters. The highest BCUT2D eigenvalue weighted by Gasteiger charge is 2.20. The van der Waals surface area contributed by atoms with Crippen molar-refractivity contribution in [2.45, 2.75) is 45.1 Å². The van der Waals surface area contributed by atoms with E-state index >= 15 is 0 Å². The van der Waals surface area contributed by atoms with Gasteiger partial charge in [-0.25, -0.2) is 0 Å². The Hall–Kier alpha value is -0.970. The Morgan fingerprint density at radius 2 is 1.81 bits per heavy atom. The lowest BCUT2D eigenvalue weighted by Crippen LogP contribution is -2.48. The maximum atomic E-state index is 7.53. The summed E-state index contributed by atoms with van der Waals surface area (Å²) in [6.07, 6.45) is 6.41. The minimum atomic E-state index is -0.191. The number of halogens is 1. The van der Waals surface area contributed by atoms with E-state index in [-0.39, 0.29) is 30.4 Å². The molecule has 0 aromatic rings. The van der Waals surface area contributed by atoms with Crippen molar-refractivity contribution >= 4 is 24.3 Å². The monoisotopic (exact) mass is 247 g/mol. The molecule has 0 saturated heterocycles. The molecule has 0 spiro atoms. The summed E-state index contributed by atoms with van der Waals surface area (Å²) in [4.78, 5) is 0. The molecule has 94 valence electrons. The standard InChI is InChI=1S/C10H21N5.ClH/c1-7(8-5-3-2-4-6-8)14-10(13)15-9(11)12;/h7-8H,2-6H2,1H3,(H6,11,12,13,14,15);1H. The minimum absolute atomic E-state index is 0. The van der Waals surface area contributed by atoms with Crippen LogP contribution in [0.4, 0.5) is 0 Å². The molecule has 1 atom stereocenters. The molecule has 0 amide bonds. The van der Waals surface area contributed by atoms with E-state index in [9.17, 15) is 0 Å². The molecular formula is C10H22ClN5. The van der Waals surface area contributed by atoms with Crippen molar-refractivity contribution in [3.05, 3.63) is 0 Å². The maximum absolute atomic E-state index is 7.53. The zero-order valence-corrected chi connectivity index (χ0v) is 10.5. The van der Waals surface area contributed by atoms with Gasteiger partial charge < -0.3 is 11.1 Å². The molecule has 0 aliphatic heterocycles. The van der Waals surface area contributed by atoms with Crippen molar-refractivity contribution in [1.29, 1.82) is 10.8 Å². The summed E-state index contributed by atoms with van der Waals surface area (Å²) < 4.78 is 0. The van der Waals surface area contributed by atoms with E-state index in [1.54, 1.807) is 0 Å². The molecule has 0 bridgehead atoms. The van der Waals surface area contributed by atoms with E-state index in [4.69, 9.17) is 16.6 Å². The maximum Gasteiger partial charge on any atom is 0.195 e. The summed E-state index contributed by atoms with van der Waals surface area (Å²) in [5, 5.41) is 20.0. The summed E-state index contributed by atoms with van der Waals surface area (Å²) >= 11 is 0. The van der Waals surface area contributed by atoms with Crippen LogP contribution in [0, 0.1) is 16.7 Å². The number of nitrogens with two attached hydrogens (primary N) is 1. The molecule has 6 heteroatoms. The largest absolute Gasteiger partial charge is 0.370 e. The quantitative estimate of drug-likeness (QED) is 0.377. The first-order valence-electron chi connectivity index (χ1n) is 5.55. The predicted molar refractivity (Wildman–Crippen MR) is 69.2 cm³/mol. The van der Waals surface area contributed by atoms with Gasteiger partial charge in [-0.15, -0.1) is 12.4 Å². The summed E-state index contributed by atoms with van der Waals surface area (Å²) in [5.41, 5.74) is 5.14. The first-order chi connectivity index (χ1) is 7.09. The van der Waals surface area contributed by atoms with Crippen LogP contribution < -0.4 is 16.4 Å². The van der Waals surface area contributed by atoms with Gasteiger partial charge in [0.15, 0.2) is 11.9 Å². The van der Waals surface area contributed by atoms with E-state index in [0.717, 1.165) is 0 Å². The third kappa shape index (κ3) is 5.21. The second-order valence-corrected chi connectivity index (χ2v) is 4.24. The van der Waals surface area contributed by atoms with Crippen LogP contribution in [0.1, 0.15) is 39.0 Å². The Bertz CT molecular complexity index is 237. The van der Waals surface area contributed by atoms with Crippen LogP contribution in [0.2, 0.25) is 0 Å². The van der Waals surface area contributed by atoms with Crippen LogP contribution in [-0.4, -0.2) is 18.0 Å². The van der Waals surface area contributed by atoms with Crippen LogP contribution in [-0.2, 0) is 0 Å². The van der Waals surface area contributed by atoms with Gasteiger partial charge in [-0.3, -0.25) is 16.1 Å². The molecule has 0 heterocycles. The number of guanidine groups is 2. The lowest BCUT2D eigenvalue weighted by Gasteiger charge is -2.28. The lowest BCUT2D eigenvalue weighted by molar-refractivity contribution is 0.300. The van der Waals surface area contributed by atoms with Gasteiger partial charge in [-0.2, -0.15) is 0 Å². The van der Waals surface area contributed by atoms with E-state index in [1.807, 2.05) is 0 Å². The number of rotatable bonds is 2. The number of hydrogen-bond donors (Lipinski definition) is 5. The fourth-order valence-electron chi connectivity index (χ4n) is 2.15. The highest BCUT2D eigenvalue weighted by Crippen LogP contribution is 2.26. The van der Waals surface area contributed by atoms with Gasteiger partial charge in [0.05, 0.1) is 0 Å². The summed E-state index contributed by atoms with van der Waals surface area (Å²) in [7, 11) is 0. The van der Waals surface area contributed by atoms with E-state index < -0.39 is 0 Å². The first kappa shape index (κ1) is 15.0. The van der Waals surface area contributed by atoms with Crippen molar-refractivity contribution in [3.8, 4) is 0 Å². The van der Waals surface area contributed by atoms with Crippen LogP contribution in [0.5, 0.6) is 0 Å². The SMILES string of the molecule is CC(NC(=N)NC(=N)N)C1CCCCC1.Cl. The molecule has 0 aromatic heterocycles. The summed E-state index contributed by atoms with van der Waals surface area (Å²) in [5.74, 6) is 0.580. The van der Waals surface area contributed by atoms with Crippen LogP contribution in [0.15, 0.2) is 0 Å². The Morgan fingerprint density at radius 1 is 1.25 bits per heavy atom. The summed E-state index contributed by atoms with van der Waals surface area (Å²) in [6.45, 7) is 2.09. The third-order valence-electron chi connectivity index (χ3n) is 2.99. The van der Waals surface area contributed by atoms with Gasteiger partial charge in [0.25, 0.3) is 0 Å². The van der Waals surface area contributed by atoms with Crippen LogP contribution >= 0.6 is 12.4 Å². The van der Waals surface area contributed by atoms with Gasteiger partial charge in [-0.05, 0) is 25.7 Å². The molecule has 1 fully saturated rings. The lowest BCUT2D eigenvalue weighted by atomic mass is 9.85. The molecule has 5 nitrogen and oxygen atoms in total. The molecule has 1 saturated carbocycles. The fourth-order valence-corrected chi connectivity index (χ4v) is 2.15. The number of nitrogens with one attached hydrogen (secondary N) is 4. The van der Waals surface area contributed by atoms with Crippen molar-refractivity contribution in [3.63, 3.8) is 0 Å². The average Bonchev–Trinajstić information content (AvgIpc) is 2.17. The van der Waals surface area contributed by atoms with Crippen molar-refractivity contribution in [1.82, 2.24) is 10.6 Å². The van der Waals surface area contributed by atoms with Gasteiger partial charge in [0, 0.05) is 6.04 Å². The normalized spacial score (nSPS) is 18.1. The molecule has 16 heavy (non-hydrogen) atoms. The molecule has 0 radical (unpaired) electrons. The van der Waals surface area contributed by atoms with Crippen molar-refractivity contribution < 1.29 is 0 Å². The molecule has 1 aliphatic rings. The van der Waals surface area contributed by atoms with Gasteiger partial charge >= 0.3 is 0 Å². The predicted octanol–water partition coefficient (Wildman–Crippen LogP) is 1.38. The fraction of sp³-hybridized carbons (Fsp3) is 0.800. The Labute approximate surface area is 103 Å². The third-order valence-corrected chi connectivity index (χ3v) is 2.99. The average molecular weight is 248 g/mol. The van der Waals surface area contributed by atoms with Gasteiger partial charge in [-0.1, -0.05) is 19.3 Å². The second kappa shape index (κ2) is 7.33. The van der Waals surface area contributed by atoms with E-state index in [0.29, 0.717) is 5.92 Å². The zero-order valence-electron chi connectivity index (χ0n) is 9.68. The molecule has 6 N–H and O–H groups in total. The van der Waals surface area contributed by atoms with Gasteiger partial charge in [0.1, 0.15) is 0 Å². The van der Waals surface area contributed by atoms with Gasteiger partial charge in [0.2, 0.25) is 0 Å². The van der Waals surface area contributed by atoms with Crippen molar-refractivity contribution in [2.75, 3.05) is 0 Å². The Morgan fingerprint density at radius 3 is 2.31 bits per heavy atom. The molecular weight excluding hydrogens is 226 g/mol. The highest BCUT2D eigenvalue weighted by molar-refractivity contribution is 5.94. The van der Waals surface area contributed by atoms with Crippen LogP contribution in [0.3, 0.4) is 0 Å². The topological polar surface area (TPSA) is 97.8 Å². The highest BCUT2D eigenvalue weighted by atomic mass is 35.5. The van der Waals surface area contributed by atoms with E-state index in [2.05, 4.69) is 17.6 Å². The molecule has 1 aliphatic carbocycles. The van der Waals surface area contributed by atoms with Crippen molar-refractivity contribution in [2.24, 2.45) is 11.7 Å². The minimum Gasteiger partial charge on any atom is -0.370 e. The number of hydrogen-bond acceptors (Lipinski definition) is 2. The van der Waals surface area contributed by atoms with Crippen LogP contribution in [0.25, 0.3) is 0 Å². The molecule has 1 rings (SSSR count). The summed E-state index contributed by atoms with van der Waals surface area (Å²) in [6, 6.07) is 0.282. The molecule has 0 aromatic carbocycles. The first-order valence-corrected chi connectivity index (χ1v) is 5.55.